The Bertz CT molecular complexity index is 558. The quantitative estimate of drug-likeness (QED) is 0.907. The van der Waals surface area contributed by atoms with Crippen LogP contribution in [-0.2, 0) is 4.74 Å². The van der Waals surface area contributed by atoms with E-state index in [9.17, 15) is 0 Å². The van der Waals surface area contributed by atoms with Gasteiger partial charge in [0, 0.05) is 17.1 Å². The molecule has 1 fully saturated rings. The number of hydrogen-bond donors (Lipinski definition) is 1. The van der Waals surface area contributed by atoms with Crippen LogP contribution in [-0.4, -0.2) is 34.7 Å². The topological polar surface area (TPSA) is 59.9 Å². The molecule has 1 aliphatic heterocycles. The van der Waals surface area contributed by atoms with Gasteiger partial charge in [0.15, 0.2) is 5.82 Å². The predicted molar refractivity (Wildman–Crippen MR) is 71.8 cm³/mol. The van der Waals surface area contributed by atoms with Gasteiger partial charge in [-0.3, -0.25) is 0 Å². The molecule has 19 heavy (non-hydrogen) atoms. The zero-order valence-electron chi connectivity index (χ0n) is 10.2. The maximum atomic E-state index is 6.18. The van der Waals surface area contributed by atoms with E-state index in [0.717, 1.165) is 24.3 Å². The maximum Gasteiger partial charge on any atom is 0.162 e. The Morgan fingerprint density at radius 1 is 1.21 bits per heavy atom. The van der Waals surface area contributed by atoms with E-state index in [2.05, 4.69) is 20.3 Å². The van der Waals surface area contributed by atoms with Gasteiger partial charge in [-0.05, 0) is 23.8 Å². The minimum Gasteiger partial charge on any atom is -0.378 e. The van der Waals surface area contributed by atoms with Crippen molar-refractivity contribution < 1.29 is 4.74 Å². The first-order chi connectivity index (χ1) is 9.33. The summed E-state index contributed by atoms with van der Waals surface area (Å²) in [6, 6.07) is 5.99. The van der Waals surface area contributed by atoms with Crippen LogP contribution < -0.4 is 5.32 Å². The van der Waals surface area contributed by atoms with Gasteiger partial charge >= 0.3 is 0 Å². The maximum absolute atomic E-state index is 6.18. The molecule has 1 atom stereocenters. The van der Waals surface area contributed by atoms with Crippen molar-refractivity contribution in [1.82, 2.24) is 20.3 Å². The summed E-state index contributed by atoms with van der Waals surface area (Å²) in [6.07, 6.45) is 2.95. The molecule has 0 bridgehead atoms. The van der Waals surface area contributed by atoms with E-state index in [0.29, 0.717) is 17.5 Å². The SMILES string of the molecule is Clc1cc(-c2ncncn2)cc(C2COCCN2)c1. The lowest BCUT2D eigenvalue weighted by atomic mass is 10.0. The van der Waals surface area contributed by atoms with Gasteiger partial charge in [0.2, 0.25) is 0 Å². The van der Waals surface area contributed by atoms with Crippen molar-refractivity contribution in [2.45, 2.75) is 6.04 Å². The van der Waals surface area contributed by atoms with E-state index >= 15 is 0 Å². The van der Waals surface area contributed by atoms with Crippen LogP contribution in [0.15, 0.2) is 30.9 Å². The molecule has 1 aromatic carbocycles. The molecule has 2 heterocycles. The highest BCUT2D eigenvalue weighted by Gasteiger charge is 2.17. The van der Waals surface area contributed by atoms with Crippen molar-refractivity contribution in [3.63, 3.8) is 0 Å². The zero-order chi connectivity index (χ0) is 13.1. The van der Waals surface area contributed by atoms with Crippen molar-refractivity contribution in [3.8, 4) is 11.4 Å². The molecular weight excluding hydrogens is 264 g/mol. The first kappa shape index (κ1) is 12.5. The fraction of sp³-hybridized carbons (Fsp3) is 0.308. The molecule has 1 unspecified atom stereocenters. The largest absolute Gasteiger partial charge is 0.378 e. The van der Waals surface area contributed by atoms with Gasteiger partial charge in [-0.1, -0.05) is 11.6 Å². The molecule has 98 valence electrons. The Kier molecular flexibility index (Phi) is 3.68. The van der Waals surface area contributed by atoms with Crippen molar-refractivity contribution in [2.75, 3.05) is 19.8 Å². The lowest BCUT2D eigenvalue weighted by molar-refractivity contribution is 0.0769. The molecule has 0 radical (unpaired) electrons. The second-order valence-electron chi connectivity index (χ2n) is 4.32. The number of benzene rings is 1. The Morgan fingerprint density at radius 3 is 2.79 bits per heavy atom. The highest BCUT2D eigenvalue weighted by molar-refractivity contribution is 6.30. The predicted octanol–water partition coefficient (Wildman–Crippen LogP) is 1.85. The Labute approximate surface area is 116 Å². The summed E-state index contributed by atoms with van der Waals surface area (Å²) in [5, 5.41) is 4.07. The van der Waals surface area contributed by atoms with E-state index in [1.54, 1.807) is 0 Å². The molecule has 0 saturated carbocycles. The number of aromatic nitrogens is 3. The number of morpholine rings is 1. The average Bonchev–Trinajstić information content (AvgIpc) is 2.48. The van der Waals surface area contributed by atoms with Gasteiger partial charge in [0.1, 0.15) is 12.7 Å². The molecule has 1 N–H and O–H groups in total. The number of rotatable bonds is 2. The summed E-state index contributed by atoms with van der Waals surface area (Å²) >= 11 is 6.18. The van der Waals surface area contributed by atoms with Crippen LogP contribution in [0.4, 0.5) is 0 Å². The third kappa shape index (κ3) is 2.89. The van der Waals surface area contributed by atoms with Gasteiger partial charge in [-0.2, -0.15) is 0 Å². The highest BCUT2D eigenvalue weighted by Crippen LogP contribution is 2.26. The summed E-state index contributed by atoms with van der Waals surface area (Å²) in [7, 11) is 0. The van der Waals surface area contributed by atoms with Crippen LogP contribution in [0.1, 0.15) is 11.6 Å². The molecule has 1 aliphatic rings. The molecule has 2 aromatic rings. The average molecular weight is 277 g/mol. The summed E-state index contributed by atoms with van der Waals surface area (Å²) in [5.74, 6) is 0.621. The van der Waals surface area contributed by atoms with Crippen molar-refractivity contribution in [2.24, 2.45) is 0 Å². The monoisotopic (exact) mass is 276 g/mol. The fourth-order valence-corrected chi connectivity index (χ4v) is 2.35. The van der Waals surface area contributed by atoms with E-state index < -0.39 is 0 Å². The minimum atomic E-state index is 0.160. The molecule has 1 aromatic heterocycles. The number of nitrogens with one attached hydrogen (secondary N) is 1. The molecule has 6 heteroatoms. The van der Waals surface area contributed by atoms with Gasteiger partial charge in [0.05, 0.1) is 19.3 Å². The third-order valence-corrected chi connectivity index (χ3v) is 3.21. The minimum absolute atomic E-state index is 0.160. The molecule has 3 rings (SSSR count). The lowest BCUT2D eigenvalue weighted by Gasteiger charge is -2.24. The van der Waals surface area contributed by atoms with E-state index in [4.69, 9.17) is 16.3 Å². The highest BCUT2D eigenvalue weighted by atomic mass is 35.5. The van der Waals surface area contributed by atoms with Crippen molar-refractivity contribution in [3.05, 3.63) is 41.4 Å². The standard InChI is InChI=1S/C13H13ClN4O/c14-11-4-9(12-6-19-2-1-16-12)3-10(5-11)13-17-7-15-8-18-13/h3-5,7-8,12,16H,1-2,6H2. The van der Waals surface area contributed by atoms with E-state index in [1.807, 2.05) is 18.2 Å². The van der Waals surface area contributed by atoms with Crippen molar-refractivity contribution in [1.29, 1.82) is 0 Å². The Morgan fingerprint density at radius 2 is 2.05 bits per heavy atom. The van der Waals surface area contributed by atoms with E-state index in [1.165, 1.54) is 12.7 Å². The van der Waals surface area contributed by atoms with Crippen LogP contribution in [0, 0.1) is 0 Å². The first-order valence-corrected chi connectivity index (χ1v) is 6.45. The van der Waals surface area contributed by atoms with Crippen LogP contribution in [0.3, 0.4) is 0 Å². The first-order valence-electron chi connectivity index (χ1n) is 6.07. The molecule has 0 spiro atoms. The van der Waals surface area contributed by atoms with Crippen LogP contribution in [0.25, 0.3) is 11.4 Å². The molecule has 0 aliphatic carbocycles. The normalized spacial score (nSPS) is 19.3. The van der Waals surface area contributed by atoms with Gasteiger partial charge in [-0.15, -0.1) is 0 Å². The van der Waals surface area contributed by atoms with Crippen LogP contribution in [0.5, 0.6) is 0 Å². The summed E-state index contributed by atoms with van der Waals surface area (Å²) in [5.41, 5.74) is 1.97. The Hall–Kier alpha value is -1.56. The number of halogens is 1. The zero-order valence-corrected chi connectivity index (χ0v) is 11.0. The van der Waals surface area contributed by atoms with Gasteiger partial charge in [0.25, 0.3) is 0 Å². The fourth-order valence-electron chi connectivity index (χ4n) is 2.11. The smallest absolute Gasteiger partial charge is 0.162 e. The van der Waals surface area contributed by atoms with Gasteiger partial charge in [-0.25, -0.2) is 15.0 Å². The number of nitrogens with zero attached hydrogens (tertiary/aromatic N) is 3. The third-order valence-electron chi connectivity index (χ3n) is 3.00. The van der Waals surface area contributed by atoms with Crippen LogP contribution >= 0.6 is 11.6 Å². The summed E-state index contributed by atoms with van der Waals surface area (Å²) in [4.78, 5) is 12.1. The number of hydrogen-bond acceptors (Lipinski definition) is 5. The molecule has 1 saturated heterocycles. The molecule has 0 amide bonds. The van der Waals surface area contributed by atoms with Gasteiger partial charge < -0.3 is 10.1 Å². The second-order valence-corrected chi connectivity index (χ2v) is 4.75. The summed E-state index contributed by atoms with van der Waals surface area (Å²) in [6.45, 7) is 2.24. The van der Waals surface area contributed by atoms with E-state index in [-0.39, 0.29) is 6.04 Å². The van der Waals surface area contributed by atoms with Crippen molar-refractivity contribution >= 4 is 11.6 Å². The molecule has 5 nitrogen and oxygen atoms in total. The Balaban J connectivity index is 1.96. The lowest BCUT2D eigenvalue weighted by Crippen LogP contribution is -2.34. The molecular formula is C13H13ClN4O. The number of ether oxygens (including phenoxy) is 1. The second kappa shape index (κ2) is 5.61. The van der Waals surface area contributed by atoms with Crippen LogP contribution in [0.2, 0.25) is 5.02 Å². The summed E-state index contributed by atoms with van der Waals surface area (Å²) < 4.78 is 5.48.